The van der Waals surface area contributed by atoms with Crippen LogP contribution in [0.25, 0.3) is 0 Å². The van der Waals surface area contributed by atoms with Gasteiger partial charge in [0, 0.05) is 0 Å². The second kappa shape index (κ2) is 3.87. The van der Waals surface area contributed by atoms with Crippen molar-refractivity contribution in [2.24, 2.45) is 0 Å². The van der Waals surface area contributed by atoms with E-state index in [0.717, 1.165) is 0 Å². The summed E-state index contributed by atoms with van der Waals surface area (Å²) in [5.74, 6) is 0. The van der Waals surface area contributed by atoms with E-state index in [1.54, 1.807) is 6.26 Å². The minimum absolute atomic E-state index is 0.282. The van der Waals surface area contributed by atoms with Gasteiger partial charge in [0.25, 0.3) is 0 Å². The zero-order valence-electron chi connectivity index (χ0n) is 6.62. The third-order valence-corrected chi connectivity index (χ3v) is 2.87. The van der Waals surface area contributed by atoms with Crippen molar-refractivity contribution in [2.75, 3.05) is 12.9 Å². The fourth-order valence-electron chi connectivity index (χ4n) is 0.733. The fraction of sp³-hybridized carbons (Fsp3) is 0.400. The van der Waals surface area contributed by atoms with Gasteiger partial charge in [-0.3, -0.25) is 9.32 Å². The molecule has 5 nitrogen and oxygen atoms in total. The molecule has 0 spiro atoms. The highest BCUT2D eigenvalue weighted by molar-refractivity contribution is 7.98. The molecule has 1 N–H and O–H groups in total. The number of hydrogen-bond donors (Lipinski definition) is 1. The van der Waals surface area contributed by atoms with E-state index >= 15 is 0 Å². The maximum Gasteiger partial charge on any atom is 0.351 e. The number of hydrogen-bond acceptors (Lipinski definition) is 4. The first-order valence-corrected chi connectivity index (χ1v) is 5.81. The van der Waals surface area contributed by atoms with Gasteiger partial charge >= 0.3 is 11.4 Å². The van der Waals surface area contributed by atoms with Gasteiger partial charge in [0.2, 0.25) is 0 Å². The lowest BCUT2D eigenvalue weighted by atomic mass is 11.0. The summed E-state index contributed by atoms with van der Waals surface area (Å²) in [5.41, 5.74) is -0.973. The van der Waals surface area contributed by atoms with Crippen molar-refractivity contribution in [1.29, 1.82) is 0 Å². The normalized spacial score (nSPS) is 11.2. The van der Waals surface area contributed by atoms with Gasteiger partial charge < -0.3 is 0 Å². The Hall–Kier alpha value is -0.610. The molecule has 66 valence electrons. The van der Waals surface area contributed by atoms with E-state index in [0.29, 0.717) is 5.16 Å². The van der Waals surface area contributed by atoms with E-state index in [1.165, 1.54) is 16.1 Å². The SMILES string of the molecule is CPn1c(SC)nc(=O)[nH]c1=O. The van der Waals surface area contributed by atoms with Crippen molar-refractivity contribution in [2.45, 2.75) is 5.16 Å². The van der Waals surface area contributed by atoms with Crippen LogP contribution in [-0.4, -0.2) is 27.2 Å². The highest BCUT2D eigenvalue weighted by Crippen LogP contribution is 2.14. The van der Waals surface area contributed by atoms with Crippen molar-refractivity contribution in [3.8, 4) is 0 Å². The molecule has 0 aliphatic carbocycles. The number of thioether (sulfide) groups is 1. The van der Waals surface area contributed by atoms with Gasteiger partial charge in [0.1, 0.15) is 0 Å². The van der Waals surface area contributed by atoms with Gasteiger partial charge in [-0.15, -0.1) is 0 Å². The van der Waals surface area contributed by atoms with Gasteiger partial charge in [-0.1, -0.05) is 11.8 Å². The van der Waals surface area contributed by atoms with E-state index in [1.807, 2.05) is 6.66 Å². The van der Waals surface area contributed by atoms with E-state index in [4.69, 9.17) is 0 Å². The van der Waals surface area contributed by atoms with Crippen LogP contribution < -0.4 is 11.4 Å². The van der Waals surface area contributed by atoms with Crippen LogP contribution in [0.15, 0.2) is 14.7 Å². The van der Waals surface area contributed by atoms with E-state index in [9.17, 15) is 9.59 Å². The monoisotopic (exact) mass is 205 g/mol. The molecule has 0 radical (unpaired) electrons. The molecule has 0 saturated heterocycles. The molecule has 0 fully saturated rings. The Bertz CT molecular complexity index is 385. The van der Waals surface area contributed by atoms with Crippen LogP contribution in [0.4, 0.5) is 0 Å². The zero-order chi connectivity index (χ0) is 9.14. The molecule has 1 aromatic heterocycles. The Morgan fingerprint density at radius 2 is 2.25 bits per heavy atom. The highest BCUT2D eigenvalue weighted by atomic mass is 32.2. The molecule has 1 rings (SSSR count). The molecular formula is C5H8N3O2PS. The first-order valence-electron chi connectivity index (χ1n) is 3.14. The number of nitrogens with one attached hydrogen (secondary N) is 1. The molecule has 0 aliphatic rings. The summed E-state index contributed by atoms with van der Waals surface area (Å²) < 4.78 is 1.44. The number of aromatic nitrogens is 3. The zero-order valence-corrected chi connectivity index (χ0v) is 8.44. The second-order valence-electron chi connectivity index (χ2n) is 1.89. The van der Waals surface area contributed by atoms with Crippen LogP contribution in [0.2, 0.25) is 0 Å². The quantitative estimate of drug-likeness (QED) is 0.533. The first-order chi connectivity index (χ1) is 5.69. The summed E-state index contributed by atoms with van der Waals surface area (Å²) in [6.07, 6.45) is 1.78. The molecule has 12 heavy (non-hydrogen) atoms. The van der Waals surface area contributed by atoms with Gasteiger partial charge in [0.05, 0.1) is 0 Å². The Labute approximate surface area is 74.4 Å². The molecular weight excluding hydrogens is 197 g/mol. The topological polar surface area (TPSA) is 67.8 Å². The maximum atomic E-state index is 11.1. The molecule has 0 bridgehead atoms. The summed E-state index contributed by atoms with van der Waals surface area (Å²) in [4.78, 5) is 27.6. The largest absolute Gasteiger partial charge is 0.351 e. The van der Waals surface area contributed by atoms with Crippen LogP contribution in [-0.2, 0) is 0 Å². The maximum absolute atomic E-state index is 11.1. The third kappa shape index (κ3) is 1.76. The first kappa shape index (κ1) is 9.48. The van der Waals surface area contributed by atoms with Crippen molar-refractivity contribution >= 4 is 20.5 Å². The molecule has 0 aliphatic heterocycles. The Balaban J connectivity index is 3.44. The molecule has 0 amide bonds. The van der Waals surface area contributed by atoms with Crippen LogP contribution in [0.5, 0.6) is 0 Å². The molecule has 7 heteroatoms. The summed E-state index contributed by atoms with van der Waals surface area (Å²) in [7, 11) is 0.282. The number of aromatic amines is 1. The van der Waals surface area contributed by atoms with Crippen LogP contribution in [0, 0.1) is 0 Å². The molecule has 0 aromatic carbocycles. The minimum Gasteiger partial charge on any atom is -0.257 e. The highest BCUT2D eigenvalue weighted by Gasteiger charge is 2.03. The van der Waals surface area contributed by atoms with Gasteiger partial charge in [0.15, 0.2) is 5.16 Å². The predicted molar refractivity (Wildman–Crippen MR) is 50.5 cm³/mol. The second-order valence-corrected chi connectivity index (χ2v) is 3.56. The molecule has 1 unspecified atom stereocenters. The van der Waals surface area contributed by atoms with Crippen molar-refractivity contribution in [3.63, 3.8) is 0 Å². The molecule has 1 aromatic rings. The fourth-order valence-corrected chi connectivity index (χ4v) is 2.22. The van der Waals surface area contributed by atoms with E-state index in [2.05, 4.69) is 9.97 Å². The Morgan fingerprint density at radius 3 is 2.75 bits per heavy atom. The third-order valence-electron chi connectivity index (χ3n) is 1.21. The van der Waals surface area contributed by atoms with Crippen LogP contribution in [0.1, 0.15) is 0 Å². The minimum atomic E-state index is -0.584. The predicted octanol–water partition coefficient (Wildman–Crippen LogP) is -0.275. The average Bonchev–Trinajstić information content (AvgIpc) is 2.03. The summed E-state index contributed by atoms with van der Waals surface area (Å²) in [5, 5.41) is 0.463. The lowest BCUT2D eigenvalue weighted by molar-refractivity contribution is 0.783. The standard InChI is InChI=1S/C5H8N3O2PS/c1-11-8-4(10)6-3(9)7-5(8)12-2/h11H,1-2H3,(H,6,9,10). The lowest BCUT2D eigenvalue weighted by Crippen LogP contribution is -2.29. The van der Waals surface area contributed by atoms with Gasteiger partial charge in [-0.2, -0.15) is 4.98 Å². The lowest BCUT2D eigenvalue weighted by Gasteiger charge is -2.03. The number of rotatable bonds is 2. The molecule has 1 atom stereocenters. The Morgan fingerprint density at radius 1 is 1.58 bits per heavy atom. The van der Waals surface area contributed by atoms with E-state index in [-0.39, 0.29) is 14.4 Å². The molecule has 0 saturated carbocycles. The summed E-state index contributed by atoms with van der Waals surface area (Å²) in [6, 6.07) is 0. The average molecular weight is 205 g/mol. The van der Waals surface area contributed by atoms with Crippen molar-refractivity contribution in [1.82, 2.24) is 14.3 Å². The summed E-state index contributed by atoms with van der Waals surface area (Å²) in [6.45, 7) is 1.85. The van der Waals surface area contributed by atoms with Crippen molar-refractivity contribution in [3.05, 3.63) is 21.0 Å². The van der Waals surface area contributed by atoms with Gasteiger partial charge in [-0.05, 0) is 21.7 Å². The van der Waals surface area contributed by atoms with Crippen LogP contribution >= 0.6 is 20.5 Å². The molecule has 1 heterocycles. The summed E-state index contributed by atoms with van der Waals surface area (Å²) >= 11 is 1.29. The Kier molecular flexibility index (Phi) is 3.05. The number of H-pyrrole nitrogens is 1. The van der Waals surface area contributed by atoms with Crippen molar-refractivity contribution < 1.29 is 0 Å². The van der Waals surface area contributed by atoms with E-state index < -0.39 is 5.69 Å². The van der Waals surface area contributed by atoms with Crippen LogP contribution in [0.3, 0.4) is 0 Å². The number of nitrogens with zero attached hydrogens (tertiary/aromatic N) is 2. The smallest absolute Gasteiger partial charge is 0.257 e. The van der Waals surface area contributed by atoms with Gasteiger partial charge in [-0.25, -0.2) is 9.59 Å².